The summed E-state index contributed by atoms with van der Waals surface area (Å²) < 4.78 is 2.06. The molecule has 0 saturated carbocycles. The van der Waals surface area contributed by atoms with Gasteiger partial charge in [-0.05, 0) is 52.3 Å². The largest absolute Gasteiger partial charge is 0.354 e. The van der Waals surface area contributed by atoms with Crippen LogP contribution in [-0.4, -0.2) is 56.5 Å². The Morgan fingerprint density at radius 1 is 1.19 bits per heavy atom. The van der Waals surface area contributed by atoms with Crippen LogP contribution in [0.5, 0.6) is 0 Å². The number of aromatic nitrogens is 3. The monoisotopic (exact) mass is 387 g/mol. The van der Waals surface area contributed by atoms with Gasteiger partial charge in [-0.1, -0.05) is 42.1 Å². The molecule has 146 valence electrons. The normalized spacial score (nSPS) is 15.2. The highest BCUT2D eigenvalue weighted by Crippen LogP contribution is 2.21. The topological polar surface area (TPSA) is 63.1 Å². The van der Waals surface area contributed by atoms with Crippen molar-refractivity contribution in [1.82, 2.24) is 25.0 Å². The van der Waals surface area contributed by atoms with Gasteiger partial charge in [-0.3, -0.25) is 9.69 Å². The molecule has 2 aromatic rings. The fourth-order valence-corrected chi connectivity index (χ4v) is 4.16. The summed E-state index contributed by atoms with van der Waals surface area (Å²) in [6, 6.07) is 10.2. The van der Waals surface area contributed by atoms with Crippen LogP contribution in [-0.2, 0) is 11.3 Å². The minimum absolute atomic E-state index is 0.000741. The van der Waals surface area contributed by atoms with Crippen molar-refractivity contribution in [2.45, 2.75) is 50.9 Å². The second-order valence-electron chi connectivity index (χ2n) is 7.67. The summed E-state index contributed by atoms with van der Waals surface area (Å²) in [7, 11) is 0. The maximum atomic E-state index is 12.3. The first-order chi connectivity index (χ1) is 13.0. The van der Waals surface area contributed by atoms with E-state index in [1.165, 1.54) is 30.2 Å². The molecule has 1 saturated heterocycles. The molecule has 27 heavy (non-hydrogen) atoms. The predicted octanol–water partition coefficient (Wildman–Crippen LogP) is 2.72. The van der Waals surface area contributed by atoms with E-state index in [2.05, 4.69) is 51.0 Å². The van der Waals surface area contributed by atoms with Gasteiger partial charge < -0.3 is 9.88 Å². The average molecular weight is 388 g/mol. The second kappa shape index (κ2) is 8.89. The molecule has 1 aromatic carbocycles. The molecular weight excluding hydrogens is 358 g/mol. The summed E-state index contributed by atoms with van der Waals surface area (Å²) in [6.07, 6.45) is 2.51. The van der Waals surface area contributed by atoms with E-state index < -0.39 is 0 Å². The van der Waals surface area contributed by atoms with E-state index in [1.54, 1.807) is 0 Å². The van der Waals surface area contributed by atoms with Crippen LogP contribution in [0.4, 0.5) is 0 Å². The summed E-state index contributed by atoms with van der Waals surface area (Å²) in [5, 5.41) is 12.3. The third-order valence-electron chi connectivity index (χ3n) is 5.10. The van der Waals surface area contributed by atoms with Gasteiger partial charge in [0, 0.05) is 12.1 Å². The zero-order chi connectivity index (χ0) is 19.3. The highest BCUT2D eigenvalue weighted by molar-refractivity contribution is 7.99. The molecule has 1 aromatic heterocycles. The van der Waals surface area contributed by atoms with Gasteiger partial charge in [0.2, 0.25) is 5.91 Å². The van der Waals surface area contributed by atoms with Gasteiger partial charge >= 0.3 is 0 Å². The highest BCUT2D eigenvalue weighted by atomic mass is 32.2. The van der Waals surface area contributed by atoms with E-state index in [0.29, 0.717) is 18.8 Å². The summed E-state index contributed by atoms with van der Waals surface area (Å²) >= 11 is 1.44. The van der Waals surface area contributed by atoms with Crippen LogP contribution in [0.2, 0.25) is 0 Å². The van der Waals surface area contributed by atoms with Crippen LogP contribution in [0, 0.1) is 6.92 Å². The zero-order valence-corrected chi connectivity index (χ0v) is 17.3. The number of hydrogen-bond donors (Lipinski definition) is 1. The van der Waals surface area contributed by atoms with Gasteiger partial charge in [0.15, 0.2) is 5.16 Å². The lowest BCUT2D eigenvalue weighted by Crippen LogP contribution is -2.50. The first kappa shape index (κ1) is 19.9. The number of thioether (sulfide) groups is 1. The van der Waals surface area contributed by atoms with Crippen LogP contribution in [0.1, 0.15) is 38.1 Å². The average Bonchev–Trinajstić information content (AvgIpc) is 3.31. The Morgan fingerprint density at radius 3 is 2.59 bits per heavy atom. The van der Waals surface area contributed by atoms with Crippen molar-refractivity contribution in [3.8, 4) is 0 Å². The number of likely N-dealkylation sites (tertiary alicyclic amines) is 1. The lowest BCUT2D eigenvalue weighted by atomic mass is 10.0. The minimum atomic E-state index is 0.000741. The van der Waals surface area contributed by atoms with Gasteiger partial charge in [0.25, 0.3) is 0 Å². The number of nitrogens with one attached hydrogen (secondary N) is 1. The number of rotatable bonds is 8. The molecule has 0 bridgehead atoms. The van der Waals surface area contributed by atoms with Crippen molar-refractivity contribution in [2.75, 3.05) is 25.4 Å². The van der Waals surface area contributed by atoms with Crippen molar-refractivity contribution >= 4 is 17.7 Å². The van der Waals surface area contributed by atoms with E-state index in [0.717, 1.165) is 24.1 Å². The van der Waals surface area contributed by atoms with Gasteiger partial charge in [0.05, 0.1) is 12.3 Å². The van der Waals surface area contributed by atoms with Crippen molar-refractivity contribution < 1.29 is 4.79 Å². The third kappa shape index (κ3) is 5.32. The van der Waals surface area contributed by atoms with Crippen molar-refractivity contribution in [3.63, 3.8) is 0 Å². The van der Waals surface area contributed by atoms with Gasteiger partial charge in [-0.25, -0.2) is 0 Å². The van der Waals surface area contributed by atoms with E-state index in [1.807, 2.05) is 25.1 Å². The van der Waals surface area contributed by atoms with Crippen LogP contribution in [0.15, 0.2) is 35.5 Å². The maximum Gasteiger partial charge on any atom is 0.230 e. The lowest BCUT2D eigenvalue weighted by molar-refractivity contribution is -0.119. The Bertz CT molecular complexity index is 753. The van der Waals surface area contributed by atoms with E-state index in [4.69, 9.17) is 0 Å². The van der Waals surface area contributed by atoms with Crippen LogP contribution >= 0.6 is 11.8 Å². The number of carbonyl (C=O) groups excluding carboxylic acids is 1. The summed E-state index contributed by atoms with van der Waals surface area (Å²) in [5.41, 5.74) is 1.19. The maximum absolute atomic E-state index is 12.3. The molecule has 7 heteroatoms. The first-order valence-electron chi connectivity index (χ1n) is 9.54. The molecule has 2 heterocycles. The number of nitrogens with zero attached hydrogens (tertiary/aromatic N) is 4. The third-order valence-corrected chi connectivity index (χ3v) is 6.06. The molecule has 3 rings (SSSR count). The number of amides is 1. The molecule has 0 radical (unpaired) electrons. The Labute approximate surface area is 165 Å². The SMILES string of the molecule is Cc1nnc(SCC(=O)NCC(C)(C)N2CCCC2)n1Cc1ccccc1. The highest BCUT2D eigenvalue weighted by Gasteiger charge is 2.29. The summed E-state index contributed by atoms with van der Waals surface area (Å²) in [5.74, 6) is 1.25. The molecule has 1 fully saturated rings. The van der Waals surface area contributed by atoms with Crippen molar-refractivity contribution in [1.29, 1.82) is 0 Å². The number of benzene rings is 1. The predicted molar refractivity (Wildman–Crippen MR) is 109 cm³/mol. The van der Waals surface area contributed by atoms with E-state index >= 15 is 0 Å². The molecule has 1 N–H and O–H groups in total. The summed E-state index contributed by atoms with van der Waals surface area (Å²) in [6.45, 7) is 9.97. The molecule has 1 amide bonds. The first-order valence-corrected chi connectivity index (χ1v) is 10.5. The van der Waals surface area contributed by atoms with Crippen molar-refractivity contribution in [2.24, 2.45) is 0 Å². The smallest absolute Gasteiger partial charge is 0.230 e. The van der Waals surface area contributed by atoms with Crippen molar-refractivity contribution in [3.05, 3.63) is 41.7 Å². The zero-order valence-electron chi connectivity index (χ0n) is 16.4. The number of hydrogen-bond acceptors (Lipinski definition) is 5. The van der Waals surface area contributed by atoms with Crippen LogP contribution < -0.4 is 5.32 Å². The Balaban J connectivity index is 1.52. The Kier molecular flexibility index (Phi) is 6.55. The van der Waals surface area contributed by atoms with Gasteiger partial charge in [-0.15, -0.1) is 10.2 Å². The second-order valence-corrected chi connectivity index (χ2v) is 8.62. The standard InChI is InChI=1S/C20H29N5OS/c1-16-22-23-19(25(16)13-17-9-5-4-6-10-17)27-14-18(26)21-15-20(2,3)24-11-7-8-12-24/h4-6,9-10H,7-8,11-15H2,1-3H3,(H,21,26). The fraction of sp³-hybridized carbons (Fsp3) is 0.550. The van der Waals surface area contributed by atoms with Crippen LogP contribution in [0.25, 0.3) is 0 Å². The number of aryl methyl sites for hydroxylation is 1. The molecule has 0 unspecified atom stereocenters. The quantitative estimate of drug-likeness (QED) is 0.706. The Morgan fingerprint density at radius 2 is 1.89 bits per heavy atom. The summed E-state index contributed by atoms with van der Waals surface area (Å²) in [4.78, 5) is 14.8. The van der Waals surface area contributed by atoms with E-state index in [9.17, 15) is 4.79 Å². The fourth-order valence-electron chi connectivity index (χ4n) is 3.35. The minimum Gasteiger partial charge on any atom is -0.354 e. The molecule has 1 aliphatic heterocycles. The molecule has 6 nitrogen and oxygen atoms in total. The molecule has 0 atom stereocenters. The number of carbonyl (C=O) groups is 1. The lowest BCUT2D eigenvalue weighted by Gasteiger charge is -2.35. The van der Waals surface area contributed by atoms with Crippen LogP contribution in [0.3, 0.4) is 0 Å². The molecule has 0 aliphatic carbocycles. The van der Waals surface area contributed by atoms with E-state index in [-0.39, 0.29) is 11.4 Å². The molecular formula is C20H29N5OS. The van der Waals surface area contributed by atoms with Gasteiger partial charge in [0.1, 0.15) is 5.82 Å². The Hall–Kier alpha value is -1.86. The van der Waals surface area contributed by atoms with Gasteiger partial charge in [-0.2, -0.15) is 0 Å². The molecule has 1 aliphatic rings. The molecule has 0 spiro atoms.